The van der Waals surface area contributed by atoms with E-state index in [2.05, 4.69) is 0 Å². The van der Waals surface area contributed by atoms with E-state index >= 15 is 0 Å². The van der Waals surface area contributed by atoms with Crippen molar-refractivity contribution in [3.05, 3.63) is 102 Å². The van der Waals surface area contributed by atoms with Crippen LogP contribution in [0.5, 0.6) is 0 Å². The van der Waals surface area contributed by atoms with Crippen LogP contribution in [-0.2, 0) is 0 Å². The van der Waals surface area contributed by atoms with Gasteiger partial charge in [-0.15, -0.1) is 12.4 Å². The molecule has 0 saturated carbocycles. The maximum absolute atomic E-state index is 6.03. The average Bonchev–Trinajstić information content (AvgIpc) is 2.63. The molecule has 3 aromatic carbocycles. The van der Waals surface area contributed by atoms with Gasteiger partial charge in [0.1, 0.15) is 0 Å². The minimum Gasteiger partial charge on any atom is -0.399 e. The summed E-state index contributed by atoms with van der Waals surface area (Å²) in [4.78, 5) is 0. The van der Waals surface area contributed by atoms with E-state index in [4.69, 9.17) is 17.2 Å². The molecular formula is C20H22ClN3. The first kappa shape index (κ1) is 19.1. The average molecular weight is 340 g/mol. The zero-order valence-corrected chi connectivity index (χ0v) is 14.1. The summed E-state index contributed by atoms with van der Waals surface area (Å²) in [6, 6.07) is 29.0. The van der Waals surface area contributed by atoms with Gasteiger partial charge in [0, 0.05) is 5.69 Å². The van der Waals surface area contributed by atoms with Crippen molar-refractivity contribution in [2.45, 2.75) is 0 Å². The molecule has 0 saturated heterocycles. The smallest absolute Gasteiger partial charge is 0.0627 e. The van der Waals surface area contributed by atoms with Gasteiger partial charge in [-0.2, -0.15) is 0 Å². The van der Waals surface area contributed by atoms with Crippen LogP contribution in [0, 0.1) is 0 Å². The van der Waals surface area contributed by atoms with Crippen molar-refractivity contribution < 1.29 is 0 Å². The van der Waals surface area contributed by atoms with Crippen LogP contribution in [-0.4, -0.2) is 0 Å². The van der Waals surface area contributed by atoms with Gasteiger partial charge in [-0.05, 0) is 23.3 Å². The van der Waals surface area contributed by atoms with Crippen molar-refractivity contribution in [1.82, 2.24) is 0 Å². The third-order valence-corrected chi connectivity index (χ3v) is 3.26. The van der Waals surface area contributed by atoms with Crippen molar-refractivity contribution in [2.75, 3.05) is 5.73 Å². The Kier molecular flexibility index (Phi) is 7.96. The van der Waals surface area contributed by atoms with Crippen LogP contribution >= 0.6 is 12.4 Å². The molecule has 24 heavy (non-hydrogen) atoms. The monoisotopic (exact) mass is 339 g/mol. The highest BCUT2D eigenvalue weighted by atomic mass is 35.5. The summed E-state index contributed by atoms with van der Waals surface area (Å²) in [5, 5.41) is 0. The maximum atomic E-state index is 6.03. The summed E-state index contributed by atoms with van der Waals surface area (Å²) in [7, 11) is 0. The Morgan fingerprint density at radius 3 is 1.04 bits per heavy atom. The SMILES string of the molecule is Cl.NC(=C(N)c1ccccc1)c1ccccc1.Nc1ccccc1. The Morgan fingerprint density at radius 2 is 0.792 bits per heavy atom. The second-order valence-electron chi connectivity index (χ2n) is 4.97. The Labute approximate surface area is 149 Å². The van der Waals surface area contributed by atoms with Crippen LogP contribution in [0.4, 0.5) is 5.69 Å². The van der Waals surface area contributed by atoms with Gasteiger partial charge < -0.3 is 17.2 Å². The Bertz CT molecular complexity index is 694. The summed E-state index contributed by atoms with van der Waals surface area (Å²) < 4.78 is 0. The largest absolute Gasteiger partial charge is 0.399 e. The summed E-state index contributed by atoms with van der Waals surface area (Å²) in [5.74, 6) is 0. The number of rotatable bonds is 2. The molecule has 0 amide bonds. The van der Waals surface area contributed by atoms with Gasteiger partial charge in [0.05, 0.1) is 11.4 Å². The maximum Gasteiger partial charge on any atom is 0.0627 e. The Hall–Kier alpha value is -2.91. The fourth-order valence-corrected chi connectivity index (χ4v) is 2.00. The van der Waals surface area contributed by atoms with Crippen LogP contribution < -0.4 is 17.2 Å². The predicted molar refractivity (Wildman–Crippen MR) is 106 cm³/mol. The van der Waals surface area contributed by atoms with Crippen molar-refractivity contribution in [2.24, 2.45) is 11.5 Å². The molecule has 0 fully saturated rings. The van der Waals surface area contributed by atoms with E-state index in [1.54, 1.807) is 0 Å². The van der Waals surface area contributed by atoms with Crippen LogP contribution in [0.15, 0.2) is 91.0 Å². The Morgan fingerprint density at radius 1 is 0.500 bits per heavy atom. The highest BCUT2D eigenvalue weighted by molar-refractivity contribution is 5.87. The molecule has 0 bridgehead atoms. The highest BCUT2D eigenvalue weighted by Gasteiger charge is 2.03. The molecule has 0 spiro atoms. The van der Waals surface area contributed by atoms with Gasteiger partial charge in [-0.1, -0.05) is 78.9 Å². The van der Waals surface area contributed by atoms with E-state index in [0.717, 1.165) is 16.8 Å². The fraction of sp³-hybridized carbons (Fsp3) is 0. The summed E-state index contributed by atoms with van der Waals surface area (Å²) in [6.45, 7) is 0. The lowest BCUT2D eigenvalue weighted by molar-refractivity contribution is 1.45. The van der Waals surface area contributed by atoms with Crippen molar-refractivity contribution >= 4 is 29.5 Å². The lowest BCUT2D eigenvalue weighted by atomic mass is 10.1. The number of nitrogens with two attached hydrogens (primary N) is 3. The van der Waals surface area contributed by atoms with Crippen LogP contribution in [0.1, 0.15) is 11.1 Å². The molecule has 0 aromatic heterocycles. The summed E-state index contributed by atoms with van der Waals surface area (Å²) in [5.41, 5.74) is 21.4. The van der Waals surface area contributed by atoms with Crippen LogP contribution in [0.3, 0.4) is 0 Å². The minimum atomic E-state index is 0. The standard InChI is InChI=1S/C14H14N2.C6H7N.ClH/c15-13(11-7-3-1-4-8-11)14(16)12-9-5-2-6-10-12;7-6-4-2-1-3-5-6;/h1-10H,15-16H2;1-5H,7H2;1H. The number of hydrogen-bond acceptors (Lipinski definition) is 3. The number of benzene rings is 3. The molecular weight excluding hydrogens is 318 g/mol. The second kappa shape index (κ2) is 9.98. The van der Waals surface area contributed by atoms with Gasteiger partial charge in [0.15, 0.2) is 0 Å². The molecule has 0 radical (unpaired) electrons. The summed E-state index contributed by atoms with van der Waals surface area (Å²) >= 11 is 0. The lowest BCUT2D eigenvalue weighted by Gasteiger charge is -2.07. The van der Waals surface area contributed by atoms with E-state index in [-0.39, 0.29) is 12.4 Å². The summed E-state index contributed by atoms with van der Waals surface area (Å²) in [6.07, 6.45) is 0. The second-order valence-corrected chi connectivity index (χ2v) is 4.97. The molecule has 0 aliphatic heterocycles. The molecule has 6 N–H and O–H groups in total. The molecule has 0 aliphatic carbocycles. The predicted octanol–water partition coefficient (Wildman–Crippen LogP) is 4.12. The molecule has 0 unspecified atom stereocenters. The fourth-order valence-electron chi connectivity index (χ4n) is 2.00. The quantitative estimate of drug-likeness (QED) is 0.485. The molecule has 124 valence electrons. The molecule has 0 heterocycles. The molecule has 0 atom stereocenters. The minimum absolute atomic E-state index is 0. The van der Waals surface area contributed by atoms with Gasteiger partial charge in [-0.3, -0.25) is 0 Å². The first-order valence-corrected chi connectivity index (χ1v) is 7.35. The number of hydrogen-bond donors (Lipinski definition) is 3. The van der Waals surface area contributed by atoms with E-state index in [1.807, 2.05) is 91.0 Å². The zero-order valence-electron chi connectivity index (χ0n) is 13.3. The number of halogens is 1. The van der Waals surface area contributed by atoms with E-state index in [0.29, 0.717) is 11.4 Å². The molecule has 0 aliphatic rings. The van der Waals surface area contributed by atoms with E-state index in [1.165, 1.54) is 0 Å². The number of nitrogen functional groups attached to an aromatic ring is 1. The van der Waals surface area contributed by atoms with Gasteiger partial charge >= 0.3 is 0 Å². The van der Waals surface area contributed by atoms with Gasteiger partial charge in [0.2, 0.25) is 0 Å². The van der Waals surface area contributed by atoms with Crippen molar-refractivity contribution in [3.8, 4) is 0 Å². The van der Waals surface area contributed by atoms with Crippen LogP contribution in [0.25, 0.3) is 11.4 Å². The van der Waals surface area contributed by atoms with Crippen molar-refractivity contribution in [3.63, 3.8) is 0 Å². The number of anilines is 1. The Balaban J connectivity index is 0.000000304. The molecule has 3 rings (SSSR count). The first-order valence-electron chi connectivity index (χ1n) is 7.35. The highest BCUT2D eigenvalue weighted by Crippen LogP contribution is 2.17. The van der Waals surface area contributed by atoms with E-state index in [9.17, 15) is 0 Å². The van der Waals surface area contributed by atoms with Gasteiger partial charge in [-0.25, -0.2) is 0 Å². The van der Waals surface area contributed by atoms with Crippen LogP contribution in [0.2, 0.25) is 0 Å². The van der Waals surface area contributed by atoms with Crippen molar-refractivity contribution in [1.29, 1.82) is 0 Å². The molecule has 4 heteroatoms. The topological polar surface area (TPSA) is 78.1 Å². The lowest BCUT2D eigenvalue weighted by Crippen LogP contribution is -2.07. The number of para-hydroxylation sites is 1. The van der Waals surface area contributed by atoms with Gasteiger partial charge in [0.25, 0.3) is 0 Å². The zero-order chi connectivity index (χ0) is 16.5. The third kappa shape index (κ3) is 5.71. The normalized spacial score (nSPS) is 10.5. The third-order valence-electron chi connectivity index (χ3n) is 3.26. The first-order chi connectivity index (χ1) is 11.2. The molecule has 3 nitrogen and oxygen atoms in total. The van der Waals surface area contributed by atoms with E-state index < -0.39 is 0 Å². The molecule has 3 aromatic rings.